The molecule has 1 atom stereocenters. The molecule has 0 aliphatic carbocycles. The van der Waals surface area contributed by atoms with E-state index in [1.165, 1.54) is 0 Å². The van der Waals surface area contributed by atoms with Crippen molar-refractivity contribution in [1.29, 1.82) is 0 Å². The van der Waals surface area contributed by atoms with E-state index in [0.717, 1.165) is 11.3 Å². The van der Waals surface area contributed by atoms with Gasteiger partial charge in [0.05, 0.1) is 23.9 Å². The van der Waals surface area contributed by atoms with Crippen molar-refractivity contribution < 1.29 is 9.90 Å². The van der Waals surface area contributed by atoms with E-state index in [1.807, 2.05) is 31.6 Å². The van der Waals surface area contributed by atoms with Gasteiger partial charge in [0.2, 0.25) is 0 Å². The van der Waals surface area contributed by atoms with E-state index in [-0.39, 0.29) is 24.2 Å². The quantitative estimate of drug-likeness (QED) is 0.873. The predicted molar refractivity (Wildman–Crippen MR) is 83.2 cm³/mol. The first-order valence-corrected chi connectivity index (χ1v) is 7.43. The first-order valence-electron chi connectivity index (χ1n) is 7.43. The largest absolute Gasteiger partial charge is 0.395 e. The number of aryl methyl sites for hydroxylation is 1. The molecule has 1 aromatic heterocycles. The second kappa shape index (κ2) is 6.93. The number of carbonyl (C=O) groups excluding carboxylic acids is 1. The summed E-state index contributed by atoms with van der Waals surface area (Å²) in [5.41, 5.74) is 1.85. The smallest absolute Gasteiger partial charge is 0.317 e. The molecule has 0 fully saturated rings. The zero-order valence-corrected chi connectivity index (χ0v) is 14.0. The Bertz CT molecular complexity index is 477. The Morgan fingerprint density at radius 1 is 1.52 bits per heavy atom. The van der Waals surface area contributed by atoms with Crippen LogP contribution in [0.5, 0.6) is 0 Å². The lowest BCUT2D eigenvalue weighted by molar-refractivity contribution is 0.178. The molecule has 1 unspecified atom stereocenters. The molecule has 2 amide bonds. The molecule has 0 saturated carbocycles. The lowest BCUT2D eigenvalue weighted by Gasteiger charge is -2.23. The van der Waals surface area contributed by atoms with Crippen LogP contribution in [0.15, 0.2) is 6.20 Å². The van der Waals surface area contributed by atoms with Gasteiger partial charge >= 0.3 is 6.03 Å². The number of nitrogens with zero attached hydrogens (tertiary/aromatic N) is 3. The number of rotatable bonds is 5. The summed E-state index contributed by atoms with van der Waals surface area (Å²) in [7, 11) is 0. The van der Waals surface area contributed by atoms with E-state index >= 15 is 0 Å². The van der Waals surface area contributed by atoms with E-state index in [4.69, 9.17) is 5.11 Å². The number of hydrogen-bond donors (Lipinski definition) is 2. The van der Waals surface area contributed by atoms with Crippen molar-refractivity contribution in [3.05, 3.63) is 17.5 Å². The van der Waals surface area contributed by atoms with Gasteiger partial charge in [-0.3, -0.25) is 4.68 Å². The molecule has 0 aromatic carbocycles. The first-order chi connectivity index (χ1) is 9.70. The molecule has 0 spiro atoms. The van der Waals surface area contributed by atoms with Gasteiger partial charge in [0.1, 0.15) is 0 Å². The second-order valence-corrected chi connectivity index (χ2v) is 6.26. The van der Waals surface area contributed by atoms with Gasteiger partial charge in [0, 0.05) is 24.8 Å². The summed E-state index contributed by atoms with van der Waals surface area (Å²) in [4.78, 5) is 13.7. The minimum absolute atomic E-state index is 0.0311. The Morgan fingerprint density at radius 3 is 2.57 bits per heavy atom. The molecule has 1 rings (SSSR count). The lowest BCUT2D eigenvalue weighted by Crippen LogP contribution is -2.42. The second-order valence-electron chi connectivity index (χ2n) is 6.26. The maximum absolute atomic E-state index is 12.1. The predicted octanol–water partition coefficient (Wildman–Crippen LogP) is 2.03. The molecule has 6 nitrogen and oxygen atoms in total. The van der Waals surface area contributed by atoms with Crippen molar-refractivity contribution in [1.82, 2.24) is 20.0 Å². The van der Waals surface area contributed by atoms with Gasteiger partial charge in [0.25, 0.3) is 0 Å². The summed E-state index contributed by atoms with van der Waals surface area (Å²) in [6.45, 7) is 12.9. The Labute approximate surface area is 127 Å². The third-order valence-electron chi connectivity index (χ3n) is 3.47. The Kier molecular flexibility index (Phi) is 5.78. The molecule has 1 heterocycles. The highest BCUT2D eigenvalue weighted by molar-refractivity contribution is 5.74. The number of carbonyl (C=O) groups is 1. The van der Waals surface area contributed by atoms with E-state index in [0.29, 0.717) is 13.1 Å². The highest BCUT2D eigenvalue weighted by atomic mass is 16.3. The number of aromatic nitrogens is 2. The Morgan fingerprint density at radius 2 is 2.14 bits per heavy atom. The van der Waals surface area contributed by atoms with Crippen molar-refractivity contribution >= 4 is 6.03 Å². The SMILES string of the molecule is CCN(CCO)C(=O)NC(C)c1cn(C(C)(C)C)nc1C. The minimum Gasteiger partial charge on any atom is -0.395 e. The van der Waals surface area contributed by atoms with Crippen molar-refractivity contribution in [3.63, 3.8) is 0 Å². The van der Waals surface area contributed by atoms with E-state index in [1.54, 1.807) is 4.90 Å². The fourth-order valence-corrected chi connectivity index (χ4v) is 2.12. The zero-order valence-electron chi connectivity index (χ0n) is 14.0. The van der Waals surface area contributed by atoms with Crippen molar-refractivity contribution in [2.75, 3.05) is 19.7 Å². The topological polar surface area (TPSA) is 70.4 Å². The van der Waals surface area contributed by atoms with Gasteiger partial charge in [-0.25, -0.2) is 4.79 Å². The fourth-order valence-electron chi connectivity index (χ4n) is 2.12. The van der Waals surface area contributed by atoms with Crippen LogP contribution in [-0.4, -0.2) is 45.5 Å². The zero-order chi connectivity index (χ0) is 16.2. The van der Waals surface area contributed by atoms with Crippen LogP contribution < -0.4 is 5.32 Å². The van der Waals surface area contributed by atoms with Crippen LogP contribution in [0.4, 0.5) is 4.79 Å². The van der Waals surface area contributed by atoms with E-state index < -0.39 is 0 Å². The van der Waals surface area contributed by atoms with E-state index in [2.05, 4.69) is 31.2 Å². The maximum atomic E-state index is 12.1. The Balaban J connectivity index is 2.82. The van der Waals surface area contributed by atoms with Crippen LogP contribution in [0.1, 0.15) is 51.9 Å². The van der Waals surface area contributed by atoms with Crippen molar-refractivity contribution in [2.45, 2.75) is 53.1 Å². The summed E-state index contributed by atoms with van der Waals surface area (Å²) in [5, 5.41) is 16.5. The van der Waals surface area contributed by atoms with Crippen LogP contribution in [0.3, 0.4) is 0 Å². The molecule has 6 heteroatoms. The van der Waals surface area contributed by atoms with E-state index in [9.17, 15) is 4.79 Å². The molecule has 2 N–H and O–H groups in total. The molecular weight excluding hydrogens is 268 g/mol. The molecular formula is C15H28N4O2. The summed E-state index contributed by atoms with van der Waals surface area (Å²) in [5.74, 6) is 0. The summed E-state index contributed by atoms with van der Waals surface area (Å²) in [6.07, 6.45) is 1.99. The first kappa shape index (κ1) is 17.5. The number of hydrogen-bond acceptors (Lipinski definition) is 3. The minimum atomic E-state index is -0.165. The monoisotopic (exact) mass is 296 g/mol. The van der Waals surface area contributed by atoms with Crippen molar-refractivity contribution in [3.8, 4) is 0 Å². The van der Waals surface area contributed by atoms with Gasteiger partial charge in [-0.2, -0.15) is 5.10 Å². The number of aliphatic hydroxyl groups is 1. The molecule has 0 radical (unpaired) electrons. The number of aliphatic hydroxyl groups excluding tert-OH is 1. The number of amides is 2. The molecule has 0 saturated heterocycles. The molecule has 0 aliphatic rings. The molecule has 1 aromatic rings. The molecule has 0 aliphatic heterocycles. The normalized spacial score (nSPS) is 13.1. The van der Waals surface area contributed by atoms with Crippen LogP contribution in [0, 0.1) is 6.92 Å². The van der Waals surface area contributed by atoms with Crippen LogP contribution in [0.2, 0.25) is 0 Å². The van der Waals surface area contributed by atoms with Gasteiger partial charge in [0.15, 0.2) is 0 Å². The van der Waals surface area contributed by atoms with Crippen LogP contribution in [0.25, 0.3) is 0 Å². The molecule has 21 heavy (non-hydrogen) atoms. The number of likely N-dealkylation sites (N-methyl/N-ethyl adjacent to an activating group) is 1. The third kappa shape index (κ3) is 4.46. The van der Waals surface area contributed by atoms with Gasteiger partial charge in [-0.05, 0) is 41.5 Å². The average molecular weight is 296 g/mol. The maximum Gasteiger partial charge on any atom is 0.317 e. The summed E-state index contributed by atoms with van der Waals surface area (Å²) >= 11 is 0. The highest BCUT2D eigenvalue weighted by Crippen LogP contribution is 2.21. The number of urea groups is 1. The average Bonchev–Trinajstić information content (AvgIpc) is 2.77. The van der Waals surface area contributed by atoms with Gasteiger partial charge < -0.3 is 15.3 Å². The number of nitrogens with one attached hydrogen (secondary N) is 1. The standard InChI is InChI=1S/C15H28N4O2/c1-7-18(8-9-20)14(21)16-11(2)13-10-19(15(4,5)6)17-12(13)3/h10-11,20H,7-9H2,1-6H3,(H,16,21). The van der Waals surface area contributed by atoms with Crippen LogP contribution >= 0.6 is 0 Å². The van der Waals surface area contributed by atoms with Gasteiger partial charge in [-0.1, -0.05) is 0 Å². The van der Waals surface area contributed by atoms with Crippen molar-refractivity contribution in [2.24, 2.45) is 0 Å². The summed E-state index contributed by atoms with van der Waals surface area (Å²) < 4.78 is 1.92. The summed E-state index contributed by atoms with van der Waals surface area (Å²) in [6, 6.07) is -0.289. The van der Waals surface area contributed by atoms with Gasteiger partial charge in [-0.15, -0.1) is 0 Å². The molecule has 0 bridgehead atoms. The Hall–Kier alpha value is -1.56. The fraction of sp³-hybridized carbons (Fsp3) is 0.733. The highest BCUT2D eigenvalue weighted by Gasteiger charge is 2.21. The third-order valence-corrected chi connectivity index (χ3v) is 3.47. The van der Waals surface area contributed by atoms with Crippen LogP contribution in [-0.2, 0) is 5.54 Å². The molecule has 120 valence electrons. The lowest BCUT2D eigenvalue weighted by atomic mass is 10.1.